The van der Waals surface area contributed by atoms with Crippen molar-refractivity contribution in [2.75, 3.05) is 0 Å². The molecule has 0 bridgehead atoms. The number of nitrogens with zero attached hydrogens (tertiary/aromatic N) is 2. The minimum Gasteiger partial charge on any atom is -0.287 e. The number of benzene rings is 1. The molecular formula is C13H11Cl2FN2O. The normalized spacial score (nSPS) is 10.7. The minimum absolute atomic E-state index is 0.0234. The van der Waals surface area contributed by atoms with Crippen LogP contribution in [0, 0.1) is 5.82 Å². The van der Waals surface area contributed by atoms with Crippen LogP contribution in [0.25, 0.3) is 0 Å². The Kier molecular flexibility index (Phi) is 4.22. The Morgan fingerprint density at radius 3 is 2.74 bits per heavy atom. The van der Waals surface area contributed by atoms with E-state index < -0.39 is 5.82 Å². The Morgan fingerprint density at radius 2 is 2.11 bits per heavy atom. The van der Waals surface area contributed by atoms with Gasteiger partial charge in [-0.15, -0.1) is 0 Å². The van der Waals surface area contributed by atoms with Crippen molar-refractivity contribution in [3.05, 3.63) is 51.5 Å². The van der Waals surface area contributed by atoms with Gasteiger partial charge in [-0.2, -0.15) is 5.10 Å². The number of rotatable bonds is 4. The maximum absolute atomic E-state index is 13.4. The highest BCUT2D eigenvalue weighted by atomic mass is 35.5. The molecule has 3 nitrogen and oxygen atoms in total. The lowest BCUT2D eigenvalue weighted by atomic mass is 10.1. The second kappa shape index (κ2) is 5.72. The van der Waals surface area contributed by atoms with E-state index in [4.69, 9.17) is 23.2 Å². The number of halogens is 3. The lowest BCUT2D eigenvalue weighted by Crippen LogP contribution is -2.12. The number of hydrogen-bond acceptors (Lipinski definition) is 2. The molecule has 0 saturated carbocycles. The first-order chi connectivity index (χ1) is 9.04. The summed E-state index contributed by atoms with van der Waals surface area (Å²) in [6, 6.07) is 3.91. The van der Waals surface area contributed by atoms with Gasteiger partial charge < -0.3 is 0 Å². The van der Waals surface area contributed by atoms with Crippen LogP contribution in [0.15, 0.2) is 24.4 Å². The molecule has 0 amide bonds. The lowest BCUT2D eigenvalue weighted by Gasteiger charge is -2.06. The van der Waals surface area contributed by atoms with Crippen molar-refractivity contribution in [3.8, 4) is 0 Å². The molecule has 2 rings (SSSR count). The number of carbonyl (C=O) groups is 1. The molecule has 0 unspecified atom stereocenters. The second-order valence-electron chi connectivity index (χ2n) is 4.02. The Morgan fingerprint density at radius 1 is 1.37 bits per heavy atom. The fourth-order valence-corrected chi connectivity index (χ4v) is 2.09. The molecule has 0 radical (unpaired) electrons. The van der Waals surface area contributed by atoms with Gasteiger partial charge in [-0.1, -0.05) is 30.1 Å². The molecule has 1 aromatic heterocycles. The quantitative estimate of drug-likeness (QED) is 0.801. The summed E-state index contributed by atoms with van der Waals surface area (Å²) in [6.07, 6.45) is 2.23. The zero-order chi connectivity index (χ0) is 14.0. The first kappa shape index (κ1) is 14.0. The molecule has 2 aromatic rings. The highest BCUT2D eigenvalue weighted by Crippen LogP contribution is 2.22. The number of carbonyl (C=O) groups excluding carboxylic acids is 1. The van der Waals surface area contributed by atoms with Crippen LogP contribution in [0.1, 0.15) is 29.4 Å². The van der Waals surface area contributed by atoms with Crippen LogP contribution >= 0.6 is 23.2 Å². The third-order valence-electron chi connectivity index (χ3n) is 2.63. The summed E-state index contributed by atoms with van der Waals surface area (Å²) in [6.45, 7) is 2.54. The predicted octanol–water partition coefficient (Wildman–Crippen LogP) is 3.97. The molecular weight excluding hydrogens is 290 g/mol. The van der Waals surface area contributed by atoms with Gasteiger partial charge in [0, 0.05) is 12.1 Å². The van der Waals surface area contributed by atoms with Crippen LogP contribution in [-0.2, 0) is 6.54 Å². The maximum Gasteiger partial charge on any atom is 0.212 e. The average molecular weight is 301 g/mol. The molecule has 1 heterocycles. The standard InChI is InChI=1S/C13H11Cl2FN2O/c1-2-5-18-12(10(15)7-17-18)13(19)8-3-4-9(14)11(16)6-8/h3-4,6-7H,2,5H2,1H3. The van der Waals surface area contributed by atoms with Crippen molar-refractivity contribution in [3.63, 3.8) is 0 Å². The average Bonchev–Trinajstić information content (AvgIpc) is 2.74. The van der Waals surface area contributed by atoms with Crippen molar-refractivity contribution in [2.24, 2.45) is 0 Å². The van der Waals surface area contributed by atoms with Gasteiger partial charge in [-0.25, -0.2) is 4.39 Å². The van der Waals surface area contributed by atoms with Crippen LogP contribution in [0.4, 0.5) is 4.39 Å². The van der Waals surface area contributed by atoms with Crippen molar-refractivity contribution in [2.45, 2.75) is 19.9 Å². The molecule has 19 heavy (non-hydrogen) atoms. The number of ketones is 1. The summed E-state index contributed by atoms with van der Waals surface area (Å²) in [7, 11) is 0. The Balaban J connectivity index is 2.43. The van der Waals surface area contributed by atoms with E-state index in [1.165, 1.54) is 23.0 Å². The van der Waals surface area contributed by atoms with Crippen LogP contribution in [-0.4, -0.2) is 15.6 Å². The van der Waals surface area contributed by atoms with Gasteiger partial charge in [-0.05, 0) is 24.6 Å². The van der Waals surface area contributed by atoms with Crippen molar-refractivity contribution in [1.82, 2.24) is 9.78 Å². The topological polar surface area (TPSA) is 34.9 Å². The maximum atomic E-state index is 13.4. The van der Waals surface area contributed by atoms with E-state index in [0.29, 0.717) is 6.54 Å². The molecule has 0 saturated heterocycles. The second-order valence-corrected chi connectivity index (χ2v) is 4.84. The van der Waals surface area contributed by atoms with E-state index in [1.54, 1.807) is 0 Å². The van der Waals surface area contributed by atoms with Crippen molar-refractivity contribution in [1.29, 1.82) is 0 Å². The first-order valence-electron chi connectivity index (χ1n) is 5.75. The van der Waals surface area contributed by atoms with E-state index in [9.17, 15) is 9.18 Å². The van der Waals surface area contributed by atoms with Crippen molar-refractivity contribution >= 4 is 29.0 Å². The number of hydrogen-bond donors (Lipinski definition) is 0. The van der Waals surface area contributed by atoms with Crippen LogP contribution in [0.5, 0.6) is 0 Å². The van der Waals surface area contributed by atoms with E-state index in [2.05, 4.69) is 5.10 Å². The molecule has 0 aliphatic rings. The smallest absolute Gasteiger partial charge is 0.212 e. The van der Waals surface area contributed by atoms with Gasteiger partial charge >= 0.3 is 0 Å². The van der Waals surface area contributed by atoms with Gasteiger partial charge in [0.15, 0.2) is 0 Å². The highest BCUT2D eigenvalue weighted by Gasteiger charge is 2.19. The Labute approximate surface area is 119 Å². The SMILES string of the molecule is CCCn1ncc(Cl)c1C(=O)c1ccc(Cl)c(F)c1. The molecule has 6 heteroatoms. The largest absolute Gasteiger partial charge is 0.287 e. The van der Waals surface area contributed by atoms with E-state index >= 15 is 0 Å². The molecule has 100 valence electrons. The summed E-state index contributed by atoms with van der Waals surface area (Å²) >= 11 is 11.6. The summed E-state index contributed by atoms with van der Waals surface area (Å²) in [5.41, 5.74) is 0.465. The van der Waals surface area contributed by atoms with Gasteiger partial charge in [0.05, 0.1) is 16.2 Å². The number of aryl methyl sites for hydroxylation is 1. The summed E-state index contributed by atoms with van der Waals surface area (Å²) in [5, 5.41) is 4.27. The molecule has 0 fully saturated rings. The van der Waals surface area contributed by atoms with E-state index in [0.717, 1.165) is 12.5 Å². The zero-order valence-corrected chi connectivity index (χ0v) is 11.7. The monoisotopic (exact) mass is 300 g/mol. The van der Waals surface area contributed by atoms with E-state index in [1.807, 2.05) is 6.92 Å². The molecule has 0 N–H and O–H groups in total. The minimum atomic E-state index is -0.634. The molecule has 0 aliphatic heterocycles. The zero-order valence-electron chi connectivity index (χ0n) is 10.2. The third-order valence-corrected chi connectivity index (χ3v) is 3.21. The van der Waals surface area contributed by atoms with Gasteiger partial charge in [0.1, 0.15) is 11.5 Å². The lowest BCUT2D eigenvalue weighted by molar-refractivity contribution is 0.102. The number of aromatic nitrogens is 2. The molecule has 0 aliphatic carbocycles. The van der Waals surface area contributed by atoms with Gasteiger partial charge in [0.25, 0.3) is 0 Å². The summed E-state index contributed by atoms with van der Waals surface area (Å²) < 4.78 is 14.9. The predicted molar refractivity (Wildman–Crippen MR) is 72.4 cm³/mol. The van der Waals surface area contributed by atoms with Crippen LogP contribution in [0.2, 0.25) is 10.0 Å². The summed E-state index contributed by atoms with van der Waals surface area (Å²) in [5.74, 6) is -1.00. The van der Waals surface area contributed by atoms with Gasteiger partial charge in [-0.3, -0.25) is 9.48 Å². The first-order valence-corrected chi connectivity index (χ1v) is 6.51. The summed E-state index contributed by atoms with van der Waals surface area (Å²) in [4.78, 5) is 12.3. The Hall–Kier alpha value is -1.39. The molecule has 0 spiro atoms. The van der Waals surface area contributed by atoms with Crippen LogP contribution in [0.3, 0.4) is 0 Å². The highest BCUT2D eigenvalue weighted by molar-refractivity contribution is 6.34. The Bertz CT molecular complexity index is 625. The molecule has 1 aromatic carbocycles. The van der Waals surface area contributed by atoms with Gasteiger partial charge in [0.2, 0.25) is 5.78 Å². The molecule has 0 atom stereocenters. The van der Waals surface area contributed by atoms with E-state index in [-0.39, 0.29) is 27.1 Å². The van der Waals surface area contributed by atoms with Crippen molar-refractivity contribution < 1.29 is 9.18 Å². The fourth-order valence-electron chi connectivity index (χ4n) is 1.74. The van der Waals surface area contributed by atoms with Crippen LogP contribution < -0.4 is 0 Å². The fraction of sp³-hybridized carbons (Fsp3) is 0.231. The third kappa shape index (κ3) is 2.80.